The van der Waals surface area contributed by atoms with Crippen LogP contribution in [0.1, 0.15) is 31.4 Å². The quantitative estimate of drug-likeness (QED) is 0.352. The summed E-state index contributed by atoms with van der Waals surface area (Å²) in [7, 11) is 1.62. The molecule has 1 aromatic carbocycles. The van der Waals surface area contributed by atoms with Crippen LogP contribution in [0.15, 0.2) is 53.7 Å². The number of benzene rings is 1. The smallest absolute Gasteiger partial charge is 0.212 e. The van der Waals surface area contributed by atoms with Crippen molar-refractivity contribution in [2.45, 2.75) is 39.3 Å². The summed E-state index contributed by atoms with van der Waals surface area (Å²) in [5.74, 6) is 1.45. The van der Waals surface area contributed by atoms with Gasteiger partial charge in [0.2, 0.25) is 5.88 Å². The third kappa shape index (κ3) is 8.03. The minimum Gasteiger partial charge on any atom is -0.481 e. The number of ether oxygens (including phenoxy) is 1. The van der Waals surface area contributed by atoms with Crippen molar-refractivity contribution < 1.29 is 4.74 Å². The van der Waals surface area contributed by atoms with Gasteiger partial charge in [-0.15, -0.1) is 24.0 Å². The molecule has 0 aliphatic heterocycles. The van der Waals surface area contributed by atoms with E-state index in [4.69, 9.17) is 4.74 Å². The van der Waals surface area contributed by atoms with Gasteiger partial charge in [-0.1, -0.05) is 36.4 Å². The Balaban J connectivity index is 0.00000338. The highest BCUT2D eigenvalue weighted by molar-refractivity contribution is 14.0. The maximum Gasteiger partial charge on any atom is 0.212 e. The maximum absolute atomic E-state index is 5.08. The predicted octanol–water partition coefficient (Wildman–Crippen LogP) is 3.78. The van der Waals surface area contributed by atoms with Crippen LogP contribution in [-0.2, 0) is 13.0 Å². The minimum atomic E-state index is 0. The van der Waals surface area contributed by atoms with Crippen molar-refractivity contribution in [2.75, 3.05) is 13.7 Å². The summed E-state index contributed by atoms with van der Waals surface area (Å²) < 4.78 is 5.08. The van der Waals surface area contributed by atoms with Crippen molar-refractivity contribution in [2.24, 2.45) is 4.99 Å². The van der Waals surface area contributed by atoms with Crippen LogP contribution in [0.4, 0.5) is 0 Å². The largest absolute Gasteiger partial charge is 0.481 e. The SMILES string of the molecule is CCNC(=NCc1ccc(OC)nc1)NC(C)CCc1ccccc1.I. The van der Waals surface area contributed by atoms with E-state index in [1.165, 1.54) is 5.56 Å². The van der Waals surface area contributed by atoms with Crippen molar-refractivity contribution in [3.8, 4) is 5.88 Å². The standard InChI is InChI=1S/C20H28N4O.HI/c1-4-21-20(23-15-18-12-13-19(25-3)22-14-18)24-16(2)10-11-17-8-6-5-7-9-17;/h5-9,12-14,16H,4,10-11,15H2,1-3H3,(H2,21,23,24);1H. The first-order valence-corrected chi connectivity index (χ1v) is 8.79. The Bertz CT molecular complexity index is 647. The lowest BCUT2D eigenvalue weighted by Gasteiger charge is -2.18. The van der Waals surface area contributed by atoms with E-state index in [0.29, 0.717) is 18.5 Å². The second-order valence-electron chi connectivity index (χ2n) is 5.97. The zero-order valence-electron chi connectivity index (χ0n) is 15.7. The van der Waals surface area contributed by atoms with Crippen LogP contribution in [0.2, 0.25) is 0 Å². The molecular weight excluding hydrogens is 439 g/mol. The van der Waals surface area contributed by atoms with Crippen molar-refractivity contribution >= 4 is 29.9 Å². The van der Waals surface area contributed by atoms with E-state index in [1.54, 1.807) is 13.3 Å². The Hall–Kier alpha value is -1.83. The van der Waals surface area contributed by atoms with Gasteiger partial charge in [0, 0.05) is 24.8 Å². The van der Waals surface area contributed by atoms with Crippen LogP contribution in [0.25, 0.3) is 0 Å². The number of hydrogen-bond acceptors (Lipinski definition) is 3. The van der Waals surface area contributed by atoms with Crippen LogP contribution in [0.5, 0.6) is 5.88 Å². The van der Waals surface area contributed by atoms with E-state index in [9.17, 15) is 0 Å². The number of pyridine rings is 1. The van der Waals surface area contributed by atoms with Gasteiger partial charge in [0.05, 0.1) is 13.7 Å². The van der Waals surface area contributed by atoms with Gasteiger partial charge >= 0.3 is 0 Å². The van der Waals surface area contributed by atoms with E-state index >= 15 is 0 Å². The van der Waals surface area contributed by atoms with Crippen LogP contribution in [0, 0.1) is 0 Å². The van der Waals surface area contributed by atoms with Crippen LogP contribution in [0.3, 0.4) is 0 Å². The molecule has 0 bridgehead atoms. The molecule has 2 rings (SSSR count). The van der Waals surface area contributed by atoms with Gasteiger partial charge in [-0.2, -0.15) is 0 Å². The number of aryl methyl sites for hydroxylation is 1. The molecular formula is C20H29IN4O. The van der Waals surface area contributed by atoms with Gasteiger partial charge in [-0.05, 0) is 37.8 Å². The number of rotatable bonds is 8. The Morgan fingerprint density at radius 3 is 2.54 bits per heavy atom. The first kappa shape index (κ1) is 22.2. The fourth-order valence-electron chi connectivity index (χ4n) is 2.45. The molecule has 0 radical (unpaired) electrons. The van der Waals surface area contributed by atoms with E-state index < -0.39 is 0 Å². The number of nitrogens with one attached hydrogen (secondary N) is 2. The van der Waals surface area contributed by atoms with Crippen molar-refractivity contribution in [1.82, 2.24) is 15.6 Å². The summed E-state index contributed by atoms with van der Waals surface area (Å²) in [6.07, 6.45) is 3.90. The Kier molecular flexibility index (Phi) is 10.7. The summed E-state index contributed by atoms with van der Waals surface area (Å²) in [5, 5.41) is 6.77. The van der Waals surface area contributed by atoms with Gasteiger partial charge in [-0.3, -0.25) is 0 Å². The van der Waals surface area contributed by atoms with Gasteiger partial charge in [0.15, 0.2) is 5.96 Å². The van der Waals surface area contributed by atoms with Crippen LogP contribution in [-0.4, -0.2) is 30.6 Å². The number of aromatic nitrogens is 1. The maximum atomic E-state index is 5.08. The number of aliphatic imine (C=N–C) groups is 1. The highest BCUT2D eigenvalue weighted by atomic mass is 127. The molecule has 0 saturated carbocycles. The second-order valence-corrected chi connectivity index (χ2v) is 5.97. The normalized spacial score (nSPS) is 12.0. The topological polar surface area (TPSA) is 58.5 Å². The average Bonchev–Trinajstić information content (AvgIpc) is 2.66. The molecule has 0 spiro atoms. The van der Waals surface area contributed by atoms with Gasteiger partial charge in [0.25, 0.3) is 0 Å². The number of nitrogens with zero attached hydrogens (tertiary/aromatic N) is 2. The predicted molar refractivity (Wildman–Crippen MR) is 118 cm³/mol. The van der Waals surface area contributed by atoms with Crippen LogP contribution >= 0.6 is 24.0 Å². The lowest BCUT2D eigenvalue weighted by molar-refractivity contribution is 0.397. The number of halogens is 1. The summed E-state index contributed by atoms with van der Waals surface area (Å²) in [4.78, 5) is 8.86. The highest BCUT2D eigenvalue weighted by Crippen LogP contribution is 2.08. The molecule has 26 heavy (non-hydrogen) atoms. The highest BCUT2D eigenvalue weighted by Gasteiger charge is 2.06. The minimum absolute atomic E-state index is 0. The third-order valence-electron chi connectivity index (χ3n) is 3.86. The molecule has 142 valence electrons. The molecule has 5 nitrogen and oxygen atoms in total. The molecule has 6 heteroatoms. The Labute approximate surface area is 173 Å². The van der Waals surface area contributed by atoms with E-state index in [2.05, 4.69) is 64.8 Å². The van der Waals surface area contributed by atoms with Gasteiger partial charge in [0.1, 0.15) is 0 Å². The molecule has 2 aromatic rings. The van der Waals surface area contributed by atoms with E-state index in [1.807, 2.05) is 12.1 Å². The van der Waals surface area contributed by atoms with Gasteiger partial charge in [-0.25, -0.2) is 9.98 Å². The molecule has 0 fully saturated rings. The zero-order valence-corrected chi connectivity index (χ0v) is 18.1. The molecule has 2 N–H and O–H groups in total. The lowest BCUT2D eigenvalue weighted by atomic mass is 10.1. The summed E-state index contributed by atoms with van der Waals surface area (Å²) in [6.45, 7) is 5.67. The second kappa shape index (κ2) is 12.5. The molecule has 1 atom stereocenters. The Morgan fingerprint density at radius 1 is 1.15 bits per heavy atom. The molecule has 1 aromatic heterocycles. The molecule has 1 unspecified atom stereocenters. The molecule has 0 saturated heterocycles. The Morgan fingerprint density at radius 2 is 1.92 bits per heavy atom. The number of hydrogen-bond donors (Lipinski definition) is 2. The van der Waals surface area contributed by atoms with Crippen LogP contribution < -0.4 is 15.4 Å². The fraction of sp³-hybridized carbons (Fsp3) is 0.400. The fourth-order valence-corrected chi connectivity index (χ4v) is 2.45. The van der Waals surface area contributed by atoms with E-state index in [-0.39, 0.29) is 24.0 Å². The molecule has 0 amide bonds. The molecule has 0 aliphatic rings. The summed E-state index contributed by atoms with van der Waals surface area (Å²) >= 11 is 0. The van der Waals surface area contributed by atoms with Crippen molar-refractivity contribution in [1.29, 1.82) is 0 Å². The summed E-state index contributed by atoms with van der Waals surface area (Å²) in [6, 6.07) is 14.7. The van der Waals surface area contributed by atoms with E-state index in [0.717, 1.165) is 30.9 Å². The number of guanidine groups is 1. The lowest BCUT2D eigenvalue weighted by Crippen LogP contribution is -2.42. The number of methoxy groups -OCH3 is 1. The monoisotopic (exact) mass is 468 g/mol. The third-order valence-corrected chi connectivity index (χ3v) is 3.86. The molecule has 0 aliphatic carbocycles. The summed E-state index contributed by atoms with van der Waals surface area (Å²) in [5.41, 5.74) is 2.41. The molecule has 1 heterocycles. The van der Waals surface area contributed by atoms with Crippen molar-refractivity contribution in [3.05, 3.63) is 59.8 Å². The van der Waals surface area contributed by atoms with Crippen molar-refractivity contribution in [3.63, 3.8) is 0 Å². The zero-order chi connectivity index (χ0) is 17.9. The van der Waals surface area contributed by atoms with Gasteiger partial charge < -0.3 is 15.4 Å². The first-order chi connectivity index (χ1) is 12.2. The average molecular weight is 468 g/mol. The first-order valence-electron chi connectivity index (χ1n) is 8.79.